The molecule has 2 unspecified atom stereocenters. The lowest BCUT2D eigenvalue weighted by atomic mass is 9.97. The maximum Gasteiger partial charge on any atom is 0.233 e. The summed E-state index contributed by atoms with van der Waals surface area (Å²) in [5.41, 5.74) is 7.26. The van der Waals surface area contributed by atoms with E-state index in [9.17, 15) is 4.79 Å². The van der Waals surface area contributed by atoms with Gasteiger partial charge in [-0.2, -0.15) is 0 Å². The van der Waals surface area contributed by atoms with Crippen LogP contribution in [0, 0.1) is 6.92 Å². The third-order valence-electron chi connectivity index (χ3n) is 3.92. The predicted octanol–water partition coefficient (Wildman–Crippen LogP) is 2.82. The van der Waals surface area contributed by atoms with Gasteiger partial charge < -0.3 is 10.6 Å². The maximum atomic E-state index is 12.4. The Balaban J connectivity index is 1.95. The molecule has 20 heavy (non-hydrogen) atoms. The third kappa shape index (κ3) is 3.76. The highest BCUT2D eigenvalue weighted by Gasteiger charge is 2.28. The Hall–Kier alpha value is -1.00. The summed E-state index contributed by atoms with van der Waals surface area (Å²) in [6.07, 6.45) is 3.32. The molecule has 1 aliphatic heterocycles. The van der Waals surface area contributed by atoms with E-state index >= 15 is 0 Å². The Labute approximate surface area is 125 Å². The Morgan fingerprint density at radius 2 is 2.20 bits per heavy atom. The first-order valence-corrected chi connectivity index (χ1v) is 8.31. The Morgan fingerprint density at radius 3 is 2.90 bits per heavy atom. The van der Waals surface area contributed by atoms with E-state index < -0.39 is 0 Å². The number of benzene rings is 1. The SMILES string of the molecule is Cc1ccccc1SCC(=O)N1CCCCC1C(C)N. The van der Waals surface area contributed by atoms with Gasteiger partial charge in [0.2, 0.25) is 5.91 Å². The Morgan fingerprint density at radius 1 is 1.45 bits per heavy atom. The molecule has 3 nitrogen and oxygen atoms in total. The molecule has 2 N–H and O–H groups in total. The topological polar surface area (TPSA) is 46.3 Å². The molecule has 2 rings (SSSR count). The number of amides is 1. The van der Waals surface area contributed by atoms with Crippen LogP contribution in [0.4, 0.5) is 0 Å². The number of piperidine rings is 1. The molecule has 0 radical (unpaired) electrons. The molecule has 1 aliphatic rings. The first-order chi connectivity index (χ1) is 9.59. The standard InChI is InChI=1S/C16H24N2OS/c1-12-7-3-4-9-15(12)20-11-16(19)18-10-6-5-8-14(18)13(2)17/h3-4,7,9,13-14H,5-6,8,10-11,17H2,1-2H3. The molecule has 1 amide bonds. The number of hydrogen-bond donors (Lipinski definition) is 1. The fourth-order valence-electron chi connectivity index (χ4n) is 2.75. The minimum Gasteiger partial charge on any atom is -0.337 e. The molecular weight excluding hydrogens is 268 g/mol. The maximum absolute atomic E-state index is 12.4. The van der Waals surface area contributed by atoms with E-state index in [0.29, 0.717) is 5.75 Å². The lowest BCUT2D eigenvalue weighted by Gasteiger charge is -2.38. The van der Waals surface area contributed by atoms with E-state index in [1.165, 1.54) is 16.9 Å². The molecule has 0 aliphatic carbocycles. The molecule has 4 heteroatoms. The number of rotatable bonds is 4. The van der Waals surface area contributed by atoms with Crippen molar-refractivity contribution in [1.29, 1.82) is 0 Å². The monoisotopic (exact) mass is 292 g/mol. The number of hydrogen-bond acceptors (Lipinski definition) is 3. The van der Waals surface area contributed by atoms with Crippen molar-refractivity contribution >= 4 is 17.7 Å². The van der Waals surface area contributed by atoms with Gasteiger partial charge in [-0.1, -0.05) is 18.2 Å². The minimum absolute atomic E-state index is 0.0581. The highest BCUT2D eigenvalue weighted by Crippen LogP contribution is 2.24. The molecule has 0 aromatic heterocycles. The van der Waals surface area contributed by atoms with E-state index in [1.807, 2.05) is 24.0 Å². The second-order valence-electron chi connectivity index (χ2n) is 5.56. The van der Waals surface area contributed by atoms with E-state index in [0.717, 1.165) is 19.4 Å². The summed E-state index contributed by atoms with van der Waals surface area (Å²) in [5.74, 6) is 0.730. The van der Waals surface area contributed by atoms with E-state index in [4.69, 9.17) is 5.73 Å². The lowest BCUT2D eigenvalue weighted by molar-refractivity contribution is -0.132. The molecule has 1 saturated heterocycles. The quantitative estimate of drug-likeness (QED) is 0.868. The molecule has 110 valence electrons. The molecule has 1 heterocycles. The number of carbonyl (C=O) groups excluding carboxylic acids is 1. The highest BCUT2D eigenvalue weighted by molar-refractivity contribution is 8.00. The summed E-state index contributed by atoms with van der Waals surface area (Å²) in [6, 6.07) is 8.48. The first kappa shape index (κ1) is 15.4. The van der Waals surface area contributed by atoms with Crippen molar-refractivity contribution < 1.29 is 4.79 Å². The number of thioether (sulfide) groups is 1. The normalized spacial score (nSPS) is 20.8. The molecule has 1 fully saturated rings. The second-order valence-corrected chi connectivity index (χ2v) is 6.58. The van der Waals surface area contributed by atoms with Crippen LogP contribution in [0.15, 0.2) is 29.2 Å². The largest absolute Gasteiger partial charge is 0.337 e. The summed E-state index contributed by atoms with van der Waals surface area (Å²) in [5, 5.41) is 0. The zero-order valence-corrected chi connectivity index (χ0v) is 13.2. The second kappa shape index (κ2) is 7.14. The van der Waals surface area contributed by atoms with Crippen LogP contribution in [0.1, 0.15) is 31.7 Å². The van der Waals surface area contributed by atoms with Crippen LogP contribution < -0.4 is 5.73 Å². The van der Waals surface area contributed by atoms with Crippen molar-refractivity contribution in [3.63, 3.8) is 0 Å². The van der Waals surface area contributed by atoms with E-state index in [-0.39, 0.29) is 18.0 Å². The van der Waals surface area contributed by atoms with Gasteiger partial charge in [0, 0.05) is 23.5 Å². The zero-order chi connectivity index (χ0) is 14.5. The third-order valence-corrected chi connectivity index (χ3v) is 5.08. The summed E-state index contributed by atoms with van der Waals surface area (Å²) < 4.78 is 0. The average molecular weight is 292 g/mol. The number of nitrogens with two attached hydrogens (primary N) is 1. The number of aryl methyl sites for hydroxylation is 1. The lowest BCUT2D eigenvalue weighted by Crippen LogP contribution is -2.52. The van der Waals surface area contributed by atoms with Crippen LogP contribution in [0.25, 0.3) is 0 Å². The van der Waals surface area contributed by atoms with Crippen molar-refractivity contribution in [2.75, 3.05) is 12.3 Å². The van der Waals surface area contributed by atoms with Crippen LogP contribution in [0.2, 0.25) is 0 Å². The van der Waals surface area contributed by atoms with Crippen molar-refractivity contribution in [3.05, 3.63) is 29.8 Å². The smallest absolute Gasteiger partial charge is 0.233 e. The summed E-state index contributed by atoms with van der Waals surface area (Å²) in [6.45, 7) is 4.95. The van der Waals surface area contributed by atoms with Gasteiger partial charge in [-0.05, 0) is 44.7 Å². The molecule has 1 aromatic rings. The predicted molar refractivity (Wildman–Crippen MR) is 84.9 cm³/mol. The van der Waals surface area contributed by atoms with Gasteiger partial charge in [0.05, 0.1) is 5.75 Å². The van der Waals surface area contributed by atoms with Gasteiger partial charge >= 0.3 is 0 Å². The van der Waals surface area contributed by atoms with Gasteiger partial charge in [-0.25, -0.2) is 0 Å². The van der Waals surface area contributed by atoms with E-state index in [1.54, 1.807) is 11.8 Å². The molecular formula is C16H24N2OS. The van der Waals surface area contributed by atoms with Crippen LogP contribution in [0.3, 0.4) is 0 Å². The summed E-state index contributed by atoms with van der Waals surface area (Å²) >= 11 is 1.63. The minimum atomic E-state index is 0.0581. The Kier molecular flexibility index (Phi) is 5.49. The van der Waals surface area contributed by atoms with E-state index in [2.05, 4.69) is 19.1 Å². The average Bonchev–Trinajstić information content (AvgIpc) is 2.46. The number of likely N-dealkylation sites (tertiary alicyclic amines) is 1. The van der Waals surface area contributed by atoms with Crippen LogP contribution in [-0.2, 0) is 4.79 Å². The van der Waals surface area contributed by atoms with Crippen molar-refractivity contribution in [1.82, 2.24) is 4.90 Å². The van der Waals surface area contributed by atoms with Crippen molar-refractivity contribution in [2.45, 2.75) is 50.1 Å². The fraction of sp³-hybridized carbons (Fsp3) is 0.562. The van der Waals surface area contributed by atoms with Gasteiger partial charge in [-0.15, -0.1) is 11.8 Å². The molecule has 2 atom stereocenters. The van der Waals surface area contributed by atoms with Crippen molar-refractivity contribution in [3.8, 4) is 0 Å². The summed E-state index contributed by atoms with van der Waals surface area (Å²) in [4.78, 5) is 15.6. The molecule has 1 aromatic carbocycles. The van der Waals surface area contributed by atoms with Gasteiger partial charge in [-0.3, -0.25) is 4.79 Å². The fourth-order valence-corrected chi connectivity index (χ4v) is 3.67. The molecule has 0 spiro atoms. The van der Waals surface area contributed by atoms with Crippen LogP contribution in [0.5, 0.6) is 0 Å². The summed E-state index contributed by atoms with van der Waals surface area (Å²) in [7, 11) is 0. The number of carbonyl (C=O) groups is 1. The van der Waals surface area contributed by atoms with Gasteiger partial charge in [0.1, 0.15) is 0 Å². The number of nitrogens with zero attached hydrogens (tertiary/aromatic N) is 1. The highest BCUT2D eigenvalue weighted by atomic mass is 32.2. The molecule has 0 saturated carbocycles. The van der Waals surface area contributed by atoms with Crippen LogP contribution >= 0.6 is 11.8 Å². The van der Waals surface area contributed by atoms with Gasteiger partial charge in [0.15, 0.2) is 0 Å². The Bertz CT molecular complexity index is 462. The van der Waals surface area contributed by atoms with Crippen LogP contribution in [-0.4, -0.2) is 35.2 Å². The van der Waals surface area contributed by atoms with Gasteiger partial charge in [0.25, 0.3) is 0 Å². The van der Waals surface area contributed by atoms with Crippen molar-refractivity contribution in [2.24, 2.45) is 5.73 Å². The molecule has 0 bridgehead atoms. The zero-order valence-electron chi connectivity index (χ0n) is 12.3. The first-order valence-electron chi connectivity index (χ1n) is 7.33.